The molecule has 8 heteroatoms. The third kappa shape index (κ3) is 8.85. The molecule has 1 aliphatic heterocycles. The van der Waals surface area contributed by atoms with Gasteiger partial charge in [-0.05, 0) is 39.4 Å². The van der Waals surface area contributed by atoms with Crippen molar-refractivity contribution in [3.63, 3.8) is 0 Å². The van der Waals surface area contributed by atoms with E-state index in [1.54, 1.807) is 6.92 Å². The Bertz CT molecular complexity index is 351. The fourth-order valence-corrected chi connectivity index (χ4v) is 2.66. The Morgan fingerprint density at radius 3 is 2.17 bits per heavy atom. The van der Waals surface area contributed by atoms with Crippen LogP contribution >= 0.6 is 0 Å². The molecule has 134 valence electrons. The zero-order chi connectivity index (χ0) is 17.1. The summed E-state index contributed by atoms with van der Waals surface area (Å²) in [5, 5.41) is 24.7. The molecule has 0 bridgehead atoms. The summed E-state index contributed by atoms with van der Waals surface area (Å²) in [6, 6.07) is -0.476. The van der Waals surface area contributed by atoms with Crippen molar-refractivity contribution in [2.24, 2.45) is 0 Å². The molecule has 1 fully saturated rings. The Balaban J connectivity index is 2.45. The van der Waals surface area contributed by atoms with Crippen LogP contribution in [-0.2, 0) is 9.59 Å². The minimum atomic E-state index is -0.794. The molecule has 1 unspecified atom stereocenters. The van der Waals surface area contributed by atoms with Crippen LogP contribution in [0.25, 0.3) is 0 Å². The Hall–Kier alpha value is -1.22. The molecule has 8 nitrogen and oxygen atoms in total. The SMILES string of the molecule is CC(C(=O)O)N1CCCNCCN(CC(=O)O)CCCNCC1. The fourth-order valence-electron chi connectivity index (χ4n) is 2.66. The van der Waals surface area contributed by atoms with Gasteiger partial charge in [-0.2, -0.15) is 0 Å². The summed E-state index contributed by atoms with van der Waals surface area (Å²) >= 11 is 0. The van der Waals surface area contributed by atoms with Crippen molar-refractivity contribution in [2.75, 3.05) is 58.9 Å². The predicted molar refractivity (Wildman–Crippen MR) is 87.7 cm³/mol. The van der Waals surface area contributed by atoms with Gasteiger partial charge in [-0.15, -0.1) is 0 Å². The third-order valence-corrected chi connectivity index (χ3v) is 4.07. The van der Waals surface area contributed by atoms with E-state index in [1.165, 1.54) is 0 Å². The number of rotatable bonds is 4. The molecule has 0 spiro atoms. The molecule has 1 atom stereocenters. The predicted octanol–water partition coefficient (Wildman–Crippen LogP) is -0.879. The van der Waals surface area contributed by atoms with E-state index in [0.717, 1.165) is 52.1 Å². The summed E-state index contributed by atoms with van der Waals surface area (Å²) in [6.07, 6.45) is 1.75. The second-order valence-corrected chi connectivity index (χ2v) is 5.93. The van der Waals surface area contributed by atoms with Gasteiger partial charge in [0.25, 0.3) is 0 Å². The maximum Gasteiger partial charge on any atom is 0.320 e. The van der Waals surface area contributed by atoms with E-state index >= 15 is 0 Å². The van der Waals surface area contributed by atoms with Crippen molar-refractivity contribution in [3.8, 4) is 0 Å². The molecule has 1 heterocycles. The lowest BCUT2D eigenvalue weighted by atomic mass is 10.2. The van der Waals surface area contributed by atoms with Crippen molar-refractivity contribution in [2.45, 2.75) is 25.8 Å². The van der Waals surface area contributed by atoms with Crippen LogP contribution in [0.15, 0.2) is 0 Å². The summed E-state index contributed by atoms with van der Waals surface area (Å²) in [4.78, 5) is 26.0. The molecule has 1 saturated heterocycles. The van der Waals surface area contributed by atoms with E-state index in [-0.39, 0.29) is 6.54 Å². The molecule has 1 aliphatic rings. The molecule has 23 heavy (non-hydrogen) atoms. The lowest BCUT2D eigenvalue weighted by Crippen LogP contribution is -2.44. The molecule has 1 rings (SSSR count). The molecule has 0 amide bonds. The highest BCUT2D eigenvalue weighted by molar-refractivity contribution is 5.72. The van der Waals surface area contributed by atoms with Gasteiger partial charge in [0.1, 0.15) is 6.04 Å². The van der Waals surface area contributed by atoms with Crippen molar-refractivity contribution < 1.29 is 19.8 Å². The Labute approximate surface area is 137 Å². The van der Waals surface area contributed by atoms with Gasteiger partial charge in [0.15, 0.2) is 0 Å². The van der Waals surface area contributed by atoms with E-state index in [9.17, 15) is 14.7 Å². The number of aliphatic carboxylic acids is 2. The minimum absolute atomic E-state index is 0.0750. The summed E-state index contributed by atoms with van der Waals surface area (Å²) in [5.41, 5.74) is 0. The van der Waals surface area contributed by atoms with E-state index in [2.05, 4.69) is 10.6 Å². The first-order valence-corrected chi connectivity index (χ1v) is 8.33. The number of carboxylic acid groups (broad SMARTS) is 2. The lowest BCUT2D eigenvalue weighted by molar-refractivity contribution is -0.142. The van der Waals surface area contributed by atoms with Gasteiger partial charge in [-0.3, -0.25) is 19.4 Å². The van der Waals surface area contributed by atoms with Crippen molar-refractivity contribution in [1.29, 1.82) is 0 Å². The lowest BCUT2D eigenvalue weighted by Gasteiger charge is -2.27. The average Bonchev–Trinajstić information content (AvgIpc) is 2.49. The first kappa shape index (κ1) is 19.8. The van der Waals surface area contributed by atoms with E-state index in [0.29, 0.717) is 13.1 Å². The standard InChI is InChI=1S/C15H30N4O4/c1-13(15(22)23)19-9-3-5-16-6-10-18(12-14(20)21)8-2-4-17-7-11-19/h13,16-17H,2-12H2,1H3,(H,20,21)(H,22,23). The van der Waals surface area contributed by atoms with Gasteiger partial charge in [-0.25, -0.2) is 0 Å². The number of nitrogens with zero attached hydrogens (tertiary/aromatic N) is 2. The number of carbonyl (C=O) groups is 2. The monoisotopic (exact) mass is 330 g/mol. The maximum atomic E-state index is 11.2. The second-order valence-electron chi connectivity index (χ2n) is 5.93. The van der Waals surface area contributed by atoms with E-state index < -0.39 is 18.0 Å². The van der Waals surface area contributed by atoms with Gasteiger partial charge in [-0.1, -0.05) is 0 Å². The average molecular weight is 330 g/mol. The number of hydrogen-bond donors (Lipinski definition) is 4. The first-order chi connectivity index (χ1) is 11.0. The van der Waals surface area contributed by atoms with Crippen LogP contribution in [0.3, 0.4) is 0 Å². The summed E-state index contributed by atoms with van der Waals surface area (Å²) in [7, 11) is 0. The molecular weight excluding hydrogens is 300 g/mol. The Morgan fingerprint density at radius 2 is 1.57 bits per heavy atom. The van der Waals surface area contributed by atoms with Crippen LogP contribution in [0.5, 0.6) is 0 Å². The highest BCUT2D eigenvalue weighted by atomic mass is 16.4. The smallest absolute Gasteiger partial charge is 0.320 e. The number of hydrogen-bond acceptors (Lipinski definition) is 6. The summed E-state index contributed by atoms with van der Waals surface area (Å²) < 4.78 is 0. The van der Waals surface area contributed by atoms with Crippen molar-refractivity contribution >= 4 is 11.9 Å². The van der Waals surface area contributed by atoms with Gasteiger partial charge in [0.05, 0.1) is 6.54 Å². The third-order valence-electron chi connectivity index (χ3n) is 4.07. The fraction of sp³-hybridized carbons (Fsp3) is 0.867. The Kier molecular flexibility index (Phi) is 9.77. The molecule has 0 aromatic carbocycles. The zero-order valence-corrected chi connectivity index (χ0v) is 14.0. The Morgan fingerprint density at radius 1 is 0.957 bits per heavy atom. The van der Waals surface area contributed by atoms with Gasteiger partial charge >= 0.3 is 11.9 Å². The van der Waals surface area contributed by atoms with Crippen LogP contribution in [0.4, 0.5) is 0 Å². The van der Waals surface area contributed by atoms with Crippen LogP contribution in [0.2, 0.25) is 0 Å². The van der Waals surface area contributed by atoms with Crippen LogP contribution < -0.4 is 10.6 Å². The molecule has 0 aromatic heterocycles. The minimum Gasteiger partial charge on any atom is -0.480 e. The van der Waals surface area contributed by atoms with Crippen LogP contribution in [0, 0.1) is 0 Å². The van der Waals surface area contributed by atoms with Crippen molar-refractivity contribution in [1.82, 2.24) is 20.4 Å². The molecule has 4 N–H and O–H groups in total. The highest BCUT2D eigenvalue weighted by Gasteiger charge is 2.19. The number of nitrogens with one attached hydrogen (secondary N) is 2. The van der Waals surface area contributed by atoms with E-state index in [1.807, 2.05) is 9.80 Å². The topological polar surface area (TPSA) is 105 Å². The summed E-state index contributed by atoms with van der Waals surface area (Å²) in [6.45, 7) is 7.79. The molecule has 0 radical (unpaired) electrons. The summed E-state index contributed by atoms with van der Waals surface area (Å²) in [5.74, 6) is -1.58. The highest BCUT2D eigenvalue weighted by Crippen LogP contribution is 2.01. The molecule has 0 aliphatic carbocycles. The second kappa shape index (κ2) is 11.3. The van der Waals surface area contributed by atoms with Gasteiger partial charge < -0.3 is 20.8 Å². The maximum absolute atomic E-state index is 11.2. The number of carboxylic acids is 2. The first-order valence-electron chi connectivity index (χ1n) is 8.33. The van der Waals surface area contributed by atoms with Crippen molar-refractivity contribution in [3.05, 3.63) is 0 Å². The van der Waals surface area contributed by atoms with Gasteiger partial charge in [0.2, 0.25) is 0 Å². The molecule has 0 aromatic rings. The van der Waals surface area contributed by atoms with E-state index in [4.69, 9.17) is 5.11 Å². The largest absolute Gasteiger partial charge is 0.480 e. The van der Waals surface area contributed by atoms with Crippen LogP contribution in [-0.4, -0.2) is 96.9 Å². The normalized spacial score (nSPS) is 22.1. The molecular formula is C15H30N4O4. The van der Waals surface area contributed by atoms with Gasteiger partial charge in [0, 0.05) is 32.7 Å². The zero-order valence-electron chi connectivity index (χ0n) is 14.0. The van der Waals surface area contributed by atoms with Crippen LogP contribution in [0.1, 0.15) is 19.8 Å². The quantitative estimate of drug-likeness (QED) is 0.527. The molecule has 0 saturated carbocycles.